The number of carbonyl (C=O) groups is 1. The fraction of sp³-hybridized carbons (Fsp3) is 0.143. The minimum absolute atomic E-state index is 0.0658. The summed E-state index contributed by atoms with van der Waals surface area (Å²) >= 11 is 1.34. The van der Waals surface area contributed by atoms with Crippen LogP contribution in [-0.2, 0) is 16.4 Å². The van der Waals surface area contributed by atoms with Crippen molar-refractivity contribution >= 4 is 38.0 Å². The van der Waals surface area contributed by atoms with Gasteiger partial charge in [0.2, 0.25) is 6.79 Å². The molecule has 0 saturated carbocycles. The zero-order valence-electron chi connectivity index (χ0n) is 20.6. The third-order valence-corrected chi connectivity index (χ3v) is 9.29. The number of para-hydroxylation sites is 1. The van der Waals surface area contributed by atoms with E-state index in [0.717, 1.165) is 16.0 Å². The van der Waals surface area contributed by atoms with Crippen molar-refractivity contribution in [1.29, 1.82) is 5.26 Å². The number of rotatable bonds is 7. The molecule has 5 rings (SSSR count). The Labute approximate surface area is 224 Å². The molecule has 3 aromatic carbocycles. The van der Waals surface area contributed by atoms with Gasteiger partial charge in [-0.15, -0.1) is 11.3 Å². The first-order valence-electron chi connectivity index (χ1n) is 11.6. The number of hydrogen-bond acceptors (Lipinski definition) is 7. The Bertz CT molecular complexity index is 1660. The quantitative estimate of drug-likeness (QED) is 0.337. The Hall–Kier alpha value is -4.33. The second-order valence-electron chi connectivity index (χ2n) is 8.62. The summed E-state index contributed by atoms with van der Waals surface area (Å²) in [7, 11) is -2.32. The number of nitrogens with one attached hydrogen (secondary N) is 1. The number of amides is 1. The molecule has 192 valence electrons. The van der Waals surface area contributed by atoms with Crippen LogP contribution in [0.25, 0.3) is 0 Å². The van der Waals surface area contributed by atoms with Crippen LogP contribution in [0.4, 0.5) is 10.7 Å². The Balaban J connectivity index is 1.33. The highest BCUT2D eigenvalue weighted by Crippen LogP contribution is 2.37. The fourth-order valence-corrected chi connectivity index (χ4v) is 6.46. The molecule has 8 nitrogen and oxygen atoms in total. The number of benzene rings is 3. The maximum absolute atomic E-state index is 13.0. The highest BCUT2D eigenvalue weighted by atomic mass is 32.2. The van der Waals surface area contributed by atoms with Crippen LogP contribution in [-0.4, -0.2) is 28.2 Å². The molecule has 1 N–H and O–H groups in total. The third kappa shape index (κ3) is 4.81. The molecule has 0 spiro atoms. The Morgan fingerprint density at radius 2 is 1.76 bits per heavy atom. The van der Waals surface area contributed by atoms with Gasteiger partial charge in [0.05, 0.1) is 16.1 Å². The summed E-state index contributed by atoms with van der Waals surface area (Å²) in [5.74, 6) is 0.955. The summed E-state index contributed by atoms with van der Waals surface area (Å²) in [6, 6.07) is 22.4. The van der Waals surface area contributed by atoms with Gasteiger partial charge >= 0.3 is 0 Å². The molecule has 1 aliphatic heterocycles. The molecule has 1 amide bonds. The first-order valence-corrected chi connectivity index (χ1v) is 13.9. The van der Waals surface area contributed by atoms with Gasteiger partial charge in [-0.25, -0.2) is 8.42 Å². The van der Waals surface area contributed by atoms with Crippen molar-refractivity contribution in [1.82, 2.24) is 0 Å². The molecule has 0 bridgehead atoms. The molecule has 0 aliphatic carbocycles. The number of sulfonamides is 1. The zero-order chi connectivity index (χ0) is 26.9. The normalized spacial score (nSPS) is 12.1. The number of thiophene rings is 1. The molecule has 10 heteroatoms. The van der Waals surface area contributed by atoms with Gasteiger partial charge in [0, 0.05) is 23.9 Å². The van der Waals surface area contributed by atoms with Crippen molar-refractivity contribution in [3.63, 3.8) is 0 Å². The number of fused-ring (bicyclic) bond motifs is 1. The summed E-state index contributed by atoms with van der Waals surface area (Å²) in [6.07, 6.45) is 0.569. The second kappa shape index (κ2) is 10.2. The second-order valence-corrected chi connectivity index (χ2v) is 11.7. The van der Waals surface area contributed by atoms with E-state index in [4.69, 9.17) is 9.47 Å². The standard InChI is InChI=1S/C28H23N3O5S2/c1-18-23(16-29)28(37-26(18)15-19-8-13-24-25(14-19)36-17-35-24)30-27(32)20-9-11-22(12-10-20)38(33,34)31(2)21-6-4-3-5-7-21/h3-14H,15,17H2,1-2H3,(H,30,32). The van der Waals surface area contributed by atoms with Crippen LogP contribution >= 0.6 is 11.3 Å². The predicted molar refractivity (Wildman–Crippen MR) is 146 cm³/mol. The highest BCUT2D eigenvalue weighted by Gasteiger charge is 2.23. The molecule has 1 aliphatic rings. The summed E-state index contributed by atoms with van der Waals surface area (Å²) in [4.78, 5) is 14.0. The fourth-order valence-electron chi connectivity index (χ4n) is 4.08. The SMILES string of the molecule is Cc1c(Cc2ccc3c(c2)OCO3)sc(NC(=O)c2ccc(S(=O)(=O)N(C)c3ccccc3)cc2)c1C#N. The Morgan fingerprint density at radius 1 is 1.05 bits per heavy atom. The topological polar surface area (TPSA) is 109 Å². The van der Waals surface area contributed by atoms with Gasteiger partial charge in [-0.05, 0) is 66.6 Å². The van der Waals surface area contributed by atoms with E-state index in [9.17, 15) is 18.5 Å². The lowest BCUT2D eigenvalue weighted by molar-refractivity contribution is 0.102. The number of hydrogen-bond donors (Lipinski definition) is 1. The van der Waals surface area contributed by atoms with E-state index >= 15 is 0 Å². The third-order valence-electron chi connectivity index (χ3n) is 6.28. The van der Waals surface area contributed by atoms with Crippen LogP contribution in [0.3, 0.4) is 0 Å². The van der Waals surface area contributed by atoms with Crippen molar-refractivity contribution in [2.24, 2.45) is 0 Å². The summed E-state index contributed by atoms with van der Waals surface area (Å²) < 4.78 is 38.0. The van der Waals surface area contributed by atoms with E-state index in [-0.39, 0.29) is 17.3 Å². The van der Waals surface area contributed by atoms with Crippen LogP contribution in [0.5, 0.6) is 11.5 Å². The predicted octanol–water partition coefficient (Wildman–Crippen LogP) is 5.33. The molecular weight excluding hydrogens is 522 g/mol. The highest BCUT2D eigenvalue weighted by molar-refractivity contribution is 7.92. The van der Waals surface area contributed by atoms with Gasteiger partial charge in [-0.2, -0.15) is 5.26 Å². The molecule has 0 fully saturated rings. The molecular formula is C28H23N3O5S2. The van der Waals surface area contributed by atoms with E-state index in [1.54, 1.807) is 24.3 Å². The minimum Gasteiger partial charge on any atom is -0.454 e. The average Bonchev–Trinajstić information content (AvgIpc) is 3.52. The molecule has 4 aromatic rings. The Morgan fingerprint density at radius 3 is 2.47 bits per heavy atom. The van der Waals surface area contributed by atoms with Gasteiger partial charge in [0.1, 0.15) is 11.1 Å². The van der Waals surface area contributed by atoms with Crippen LogP contribution in [0.2, 0.25) is 0 Å². The summed E-state index contributed by atoms with van der Waals surface area (Å²) in [5.41, 5.74) is 3.01. The maximum Gasteiger partial charge on any atom is 0.264 e. The average molecular weight is 546 g/mol. The van der Waals surface area contributed by atoms with Gasteiger partial charge in [-0.1, -0.05) is 24.3 Å². The van der Waals surface area contributed by atoms with Crippen LogP contribution in [0.15, 0.2) is 77.7 Å². The lowest BCUT2D eigenvalue weighted by Crippen LogP contribution is -2.26. The van der Waals surface area contributed by atoms with E-state index in [2.05, 4.69) is 11.4 Å². The van der Waals surface area contributed by atoms with Crippen molar-refractivity contribution in [2.75, 3.05) is 23.5 Å². The first kappa shape index (κ1) is 25.3. The van der Waals surface area contributed by atoms with E-state index in [1.165, 1.54) is 47.0 Å². The lowest BCUT2D eigenvalue weighted by Gasteiger charge is -2.19. The van der Waals surface area contributed by atoms with Crippen LogP contribution in [0.1, 0.15) is 31.9 Å². The van der Waals surface area contributed by atoms with Crippen LogP contribution in [0, 0.1) is 18.3 Å². The minimum atomic E-state index is -3.80. The van der Waals surface area contributed by atoms with Crippen molar-refractivity contribution in [3.05, 3.63) is 99.9 Å². The molecule has 1 aromatic heterocycles. The molecule has 0 atom stereocenters. The zero-order valence-corrected chi connectivity index (χ0v) is 22.2. The molecule has 38 heavy (non-hydrogen) atoms. The molecule has 2 heterocycles. The van der Waals surface area contributed by atoms with Crippen LogP contribution < -0.4 is 19.1 Å². The van der Waals surface area contributed by atoms with E-state index in [1.807, 2.05) is 31.2 Å². The van der Waals surface area contributed by atoms with Crippen molar-refractivity contribution in [2.45, 2.75) is 18.2 Å². The van der Waals surface area contributed by atoms with Gasteiger partial charge in [-0.3, -0.25) is 9.10 Å². The van der Waals surface area contributed by atoms with Gasteiger partial charge < -0.3 is 14.8 Å². The van der Waals surface area contributed by atoms with Gasteiger partial charge in [0.25, 0.3) is 15.9 Å². The maximum atomic E-state index is 13.0. The molecule has 0 radical (unpaired) electrons. The number of anilines is 2. The number of carbonyl (C=O) groups excluding carboxylic acids is 1. The Kier molecular flexibility index (Phi) is 6.80. The van der Waals surface area contributed by atoms with Gasteiger partial charge in [0.15, 0.2) is 11.5 Å². The smallest absolute Gasteiger partial charge is 0.264 e. The first-order chi connectivity index (χ1) is 18.3. The number of nitrogens with zero attached hydrogens (tertiary/aromatic N) is 2. The number of ether oxygens (including phenoxy) is 2. The molecule has 0 unspecified atom stereocenters. The summed E-state index contributed by atoms with van der Waals surface area (Å²) in [5, 5.41) is 13.0. The largest absolute Gasteiger partial charge is 0.454 e. The molecule has 0 saturated heterocycles. The van der Waals surface area contributed by atoms with Crippen molar-refractivity contribution < 1.29 is 22.7 Å². The lowest BCUT2D eigenvalue weighted by atomic mass is 10.1. The van der Waals surface area contributed by atoms with E-state index < -0.39 is 15.9 Å². The summed E-state index contributed by atoms with van der Waals surface area (Å²) in [6.45, 7) is 2.05. The number of nitriles is 1. The monoisotopic (exact) mass is 545 g/mol. The van der Waals surface area contributed by atoms with Crippen molar-refractivity contribution in [3.8, 4) is 17.6 Å². The van der Waals surface area contributed by atoms with E-state index in [0.29, 0.717) is 34.2 Å².